The van der Waals surface area contributed by atoms with Gasteiger partial charge in [-0.25, -0.2) is 8.42 Å². The summed E-state index contributed by atoms with van der Waals surface area (Å²) in [5, 5.41) is 0. The van der Waals surface area contributed by atoms with Crippen LogP contribution in [0.25, 0.3) is 0 Å². The largest absolute Gasteiger partial charge is 0.484 e. The first kappa shape index (κ1) is 18.2. The van der Waals surface area contributed by atoms with Crippen molar-refractivity contribution in [3.05, 3.63) is 24.0 Å². The lowest BCUT2D eigenvalue weighted by atomic mass is 10.1. The van der Waals surface area contributed by atoms with Crippen LogP contribution >= 0.6 is 0 Å². The molecule has 26 heavy (non-hydrogen) atoms. The number of sulfone groups is 1. The fraction of sp³-hybridized carbons (Fsp3) is 0.722. The van der Waals surface area contributed by atoms with Crippen molar-refractivity contribution >= 4 is 9.84 Å². The van der Waals surface area contributed by atoms with E-state index in [4.69, 9.17) is 14.2 Å². The first-order chi connectivity index (χ1) is 12.5. The second-order valence-corrected chi connectivity index (χ2v) is 9.76. The van der Waals surface area contributed by atoms with Gasteiger partial charge in [0.2, 0.25) is 0 Å². The molecule has 1 aromatic heterocycles. The van der Waals surface area contributed by atoms with Crippen LogP contribution in [0.15, 0.2) is 18.3 Å². The van der Waals surface area contributed by atoms with Gasteiger partial charge < -0.3 is 14.2 Å². The summed E-state index contributed by atoms with van der Waals surface area (Å²) in [4.78, 5) is 6.58. The van der Waals surface area contributed by atoms with E-state index in [2.05, 4.69) is 9.88 Å². The number of pyridine rings is 1. The lowest BCUT2D eigenvalue weighted by Crippen LogP contribution is -2.41. The number of nitrogens with zero attached hydrogens (tertiary/aromatic N) is 2. The number of ether oxygens (including phenoxy) is 3. The molecular weight excluding hydrogens is 356 g/mol. The molecule has 4 heterocycles. The second-order valence-electron chi connectivity index (χ2n) is 7.46. The van der Waals surface area contributed by atoms with Crippen molar-refractivity contribution in [3.63, 3.8) is 0 Å². The molecule has 0 unspecified atom stereocenters. The van der Waals surface area contributed by atoms with Crippen LogP contribution in [0.4, 0.5) is 0 Å². The lowest BCUT2D eigenvalue weighted by molar-refractivity contribution is -0.00461. The molecule has 2 atom stereocenters. The molecule has 1 aromatic rings. The number of aromatic nitrogens is 1. The zero-order valence-electron chi connectivity index (χ0n) is 15.0. The van der Waals surface area contributed by atoms with E-state index >= 15 is 0 Å². The SMILES string of the molecule is Cc1ccc(OC2CO[C@H]3CN(C4CCS(=O)(=O)CC4)C[C@@H]3OC2)cn1. The predicted molar refractivity (Wildman–Crippen MR) is 96.1 cm³/mol. The third kappa shape index (κ3) is 4.19. The molecule has 0 aromatic carbocycles. The van der Waals surface area contributed by atoms with Crippen LogP contribution in [-0.4, -0.2) is 80.5 Å². The van der Waals surface area contributed by atoms with Crippen LogP contribution in [0.5, 0.6) is 5.75 Å². The maximum absolute atomic E-state index is 11.6. The number of hydrogen-bond acceptors (Lipinski definition) is 7. The highest BCUT2D eigenvalue weighted by atomic mass is 32.2. The Labute approximate surface area is 154 Å². The van der Waals surface area contributed by atoms with Gasteiger partial charge >= 0.3 is 0 Å². The number of hydrogen-bond donors (Lipinski definition) is 0. The van der Waals surface area contributed by atoms with Crippen LogP contribution in [0.1, 0.15) is 18.5 Å². The van der Waals surface area contributed by atoms with Gasteiger partial charge in [-0.1, -0.05) is 0 Å². The first-order valence-corrected chi connectivity index (χ1v) is 11.1. The molecule has 8 heteroatoms. The summed E-state index contributed by atoms with van der Waals surface area (Å²) in [6.07, 6.45) is 3.07. The van der Waals surface area contributed by atoms with E-state index in [-0.39, 0.29) is 18.3 Å². The van der Waals surface area contributed by atoms with Crippen molar-refractivity contribution in [2.24, 2.45) is 0 Å². The average Bonchev–Trinajstić information content (AvgIpc) is 2.93. The fourth-order valence-corrected chi connectivity index (χ4v) is 5.39. The topological polar surface area (TPSA) is 78.0 Å². The molecule has 0 aliphatic carbocycles. The van der Waals surface area contributed by atoms with Crippen LogP contribution in [0.2, 0.25) is 0 Å². The van der Waals surface area contributed by atoms with Crippen LogP contribution < -0.4 is 4.74 Å². The van der Waals surface area contributed by atoms with Gasteiger partial charge in [-0.3, -0.25) is 9.88 Å². The Morgan fingerprint density at radius 3 is 2.35 bits per heavy atom. The second kappa shape index (κ2) is 7.42. The molecule has 0 amide bonds. The van der Waals surface area contributed by atoms with E-state index in [1.165, 1.54) is 0 Å². The molecule has 144 valence electrons. The Kier molecular flexibility index (Phi) is 5.18. The van der Waals surface area contributed by atoms with Gasteiger partial charge in [0.05, 0.1) is 43.1 Å². The summed E-state index contributed by atoms with van der Waals surface area (Å²) < 4.78 is 41.3. The van der Waals surface area contributed by atoms with E-state index in [0.29, 0.717) is 43.6 Å². The molecule has 7 nitrogen and oxygen atoms in total. The molecule has 4 rings (SSSR count). The summed E-state index contributed by atoms with van der Waals surface area (Å²) in [7, 11) is -2.83. The third-order valence-corrected chi connectivity index (χ3v) is 7.18. The Hall–Kier alpha value is -1.22. The number of likely N-dealkylation sites (tertiary alicyclic amines) is 1. The summed E-state index contributed by atoms with van der Waals surface area (Å²) >= 11 is 0. The number of fused-ring (bicyclic) bond motifs is 1. The Morgan fingerprint density at radius 2 is 1.77 bits per heavy atom. The highest BCUT2D eigenvalue weighted by Crippen LogP contribution is 2.27. The Morgan fingerprint density at radius 1 is 1.12 bits per heavy atom. The van der Waals surface area contributed by atoms with Crippen molar-refractivity contribution < 1.29 is 22.6 Å². The van der Waals surface area contributed by atoms with Crippen molar-refractivity contribution in [3.8, 4) is 5.75 Å². The summed E-state index contributed by atoms with van der Waals surface area (Å²) in [6, 6.07) is 4.15. The molecule has 0 saturated carbocycles. The smallest absolute Gasteiger partial charge is 0.150 e. The highest BCUT2D eigenvalue weighted by molar-refractivity contribution is 7.91. The molecule has 0 N–H and O–H groups in total. The van der Waals surface area contributed by atoms with E-state index in [1.807, 2.05) is 19.1 Å². The Balaban J connectivity index is 1.29. The van der Waals surface area contributed by atoms with Crippen LogP contribution in [0, 0.1) is 6.92 Å². The zero-order valence-corrected chi connectivity index (χ0v) is 15.9. The molecule has 0 radical (unpaired) electrons. The number of aryl methyl sites for hydroxylation is 1. The minimum Gasteiger partial charge on any atom is -0.484 e. The Bertz CT molecular complexity index is 694. The summed E-state index contributed by atoms with van der Waals surface area (Å²) in [6.45, 7) is 4.52. The molecule has 3 saturated heterocycles. The van der Waals surface area contributed by atoms with Crippen molar-refractivity contribution in [2.75, 3.05) is 37.8 Å². The van der Waals surface area contributed by atoms with E-state index in [1.54, 1.807) is 6.20 Å². The van der Waals surface area contributed by atoms with Crippen LogP contribution in [-0.2, 0) is 19.3 Å². The standard InChI is InChI=1S/C18H26N2O5S/c1-13-2-3-15(8-19-13)25-16-11-23-17-9-20(10-18(17)24-12-16)14-4-6-26(21,22)7-5-14/h2-3,8,14,16-18H,4-7,9-12H2,1H3/t17-,18-/m0/s1. The molecule has 3 fully saturated rings. The molecular formula is C18H26N2O5S. The maximum atomic E-state index is 11.6. The summed E-state index contributed by atoms with van der Waals surface area (Å²) in [5.41, 5.74) is 0.954. The number of rotatable bonds is 3. The van der Waals surface area contributed by atoms with Gasteiger partial charge in [-0.2, -0.15) is 0 Å². The van der Waals surface area contributed by atoms with E-state index < -0.39 is 9.84 Å². The van der Waals surface area contributed by atoms with Crippen molar-refractivity contribution in [1.82, 2.24) is 9.88 Å². The quantitative estimate of drug-likeness (QED) is 0.766. The minimum atomic E-state index is -2.83. The molecule has 3 aliphatic rings. The van der Waals surface area contributed by atoms with E-state index in [9.17, 15) is 8.42 Å². The fourth-order valence-electron chi connectivity index (χ4n) is 3.93. The van der Waals surface area contributed by atoms with Gasteiger partial charge in [0, 0.05) is 24.8 Å². The van der Waals surface area contributed by atoms with Crippen LogP contribution in [0.3, 0.4) is 0 Å². The van der Waals surface area contributed by atoms with Gasteiger partial charge in [0.25, 0.3) is 0 Å². The van der Waals surface area contributed by atoms with E-state index in [0.717, 1.165) is 24.5 Å². The molecule has 0 spiro atoms. The molecule has 0 bridgehead atoms. The minimum absolute atomic E-state index is 0.0262. The highest BCUT2D eigenvalue weighted by Gasteiger charge is 2.41. The monoisotopic (exact) mass is 382 g/mol. The maximum Gasteiger partial charge on any atom is 0.150 e. The third-order valence-electron chi connectivity index (χ3n) is 5.46. The average molecular weight is 382 g/mol. The van der Waals surface area contributed by atoms with Crippen molar-refractivity contribution in [2.45, 2.75) is 44.1 Å². The van der Waals surface area contributed by atoms with Gasteiger partial charge in [-0.05, 0) is 31.9 Å². The van der Waals surface area contributed by atoms with Gasteiger partial charge in [0.1, 0.15) is 21.7 Å². The van der Waals surface area contributed by atoms with Gasteiger partial charge in [0.15, 0.2) is 0 Å². The predicted octanol–water partition coefficient (Wildman–Crippen LogP) is 0.814. The zero-order chi connectivity index (χ0) is 18.1. The molecule has 3 aliphatic heterocycles. The first-order valence-electron chi connectivity index (χ1n) is 9.25. The lowest BCUT2D eigenvalue weighted by Gasteiger charge is -2.31. The van der Waals surface area contributed by atoms with Gasteiger partial charge in [-0.15, -0.1) is 0 Å². The van der Waals surface area contributed by atoms with Crippen molar-refractivity contribution in [1.29, 1.82) is 0 Å². The summed E-state index contributed by atoms with van der Waals surface area (Å²) in [5.74, 6) is 1.32. The normalized spacial score (nSPS) is 30.7.